The highest BCUT2D eigenvalue weighted by atomic mass is 19.1. The number of alkyl halides is 1. The lowest BCUT2D eigenvalue weighted by molar-refractivity contribution is 0.253. The van der Waals surface area contributed by atoms with Crippen molar-refractivity contribution in [2.24, 2.45) is 13.0 Å². The first kappa shape index (κ1) is 23.7. The second kappa shape index (κ2) is 9.82. The van der Waals surface area contributed by atoms with Gasteiger partial charge in [0.15, 0.2) is 17.5 Å². The van der Waals surface area contributed by atoms with Crippen LogP contribution in [-0.4, -0.2) is 49.1 Å². The minimum absolute atomic E-state index is 0.157. The molecule has 180 valence electrons. The van der Waals surface area contributed by atoms with Gasteiger partial charge in [-0.15, -0.1) is 10.2 Å². The summed E-state index contributed by atoms with van der Waals surface area (Å²) in [5, 5.41) is 18.9. The Bertz CT molecular complexity index is 1220. The van der Waals surface area contributed by atoms with Gasteiger partial charge in [-0.25, -0.2) is 18.6 Å². The lowest BCUT2D eigenvalue weighted by atomic mass is 9.94. The molecule has 0 saturated heterocycles. The van der Waals surface area contributed by atoms with Crippen LogP contribution in [0.2, 0.25) is 0 Å². The molecule has 1 fully saturated rings. The number of anilines is 1. The molecule has 1 aromatic carbocycles. The summed E-state index contributed by atoms with van der Waals surface area (Å²) in [5.41, 5.74) is -0.232. The number of rotatable bonds is 5. The number of benzene rings is 1. The van der Waals surface area contributed by atoms with Crippen LogP contribution in [0.1, 0.15) is 39.0 Å². The molecule has 3 aromatic rings. The van der Waals surface area contributed by atoms with Crippen LogP contribution < -0.4 is 10.6 Å². The minimum atomic E-state index is -0.941. The second-order valence-corrected chi connectivity index (χ2v) is 8.84. The number of phenolic OH excluding ortho intramolecular Hbond substituents is 1. The fourth-order valence-corrected chi connectivity index (χ4v) is 4.48. The van der Waals surface area contributed by atoms with Crippen LogP contribution in [-0.2, 0) is 7.05 Å². The second-order valence-electron chi connectivity index (χ2n) is 8.84. The Kier molecular flexibility index (Phi) is 6.85. The van der Waals surface area contributed by atoms with E-state index in [4.69, 9.17) is 0 Å². The predicted octanol–water partition coefficient (Wildman–Crippen LogP) is 3.89. The zero-order valence-electron chi connectivity index (χ0n) is 19.4. The number of aryl methyl sites for hydroxylation is 1. The average molecular weight is 471 g/mol. The van der Waals surface area contributed by atoms with Gasteiger partial charge in [-0.05, 0) is 30.9 Å². The number of aromatic hydroxyl groups is 1. The van der Waals surface area contributed by atoms with Crippen molar-refractivity contribution in [2.45, 2.75) is 51.2 Å². The van der Waals surface area contributed by atoms with Crippen LogP contribution in [0.3, 0.4) is 0 Å². The maximum Gasteiger partial charge on any atom is 0.348 e. The summed E-state index contributed by atoms with van der Waals surface area (Å²) in [6.45, 7) is 2.13. The average Bonchev–Trinajstić information content (AvgIpc) is 3.02. The first-order valence-corrected chi connectivity index (χ1v) is 11.4. The van der Waals surface area contributed by atoms with Gasteiger partial charge in [0.2, 0.25) is 0 Å². The molecule has 8 nitrogen and oxygen atoms in total. The molecule has 1 aliphatic rings. The molecule has 0 unspecified atom stereocenters. The van der Waals surface area contributed by atoms with E-state index in [-0.39, 0.29) is 28.9 Å². The molecule has 2 aromatic heterocycles. The molecule has 0 radical (unpaired) electrons. The maximum atomic E-state index is 14.8. The van der Waals surface area contributed by atoms with E-state index in [0.29, 0.717) is 23.7 Å². The summed E-state index contributed by atoms with van der Waals surface area (Å²) < 4.78 is 30.1. The van der Waals surface area contributed by atoms with Gasteiger partial charge in [-0.1, -0.05) is 32.3 Å². The number of hydrogen-bond donors (Lipinski definition) is 1. The van der Waals surface area contributed by atoms with Crippen molar-refractivity contribution >= 4 is 5.82 Å². The van der Waals surface area contributed by atoms with E-state index in [2.05, 4.69) is 27.1 Å². The van der Waals surface area contributed by atoms with Crippen LogP contribution in [0.4, 0.5) is 14.6 Å². The molecule has 34 heavy (non-hydrogen) atoms. The van der Waals surface area contributed by atoms with Crippen LogP contribution >= 0.6 is 0 Å². The van der Waals surface area contributed by atoms with Crippen LogP contribution in [0.5, 0.6) is 5.75 Å². The number of hydrogen-bond acceptors (Lipinski definition) is 7. The van der Waals surface area contributed by atoms with Gasteiger partial charge >= 0.3 is 5.69 Å². The molecule has 4 rings (SSSR count). The third-order valence-corrected chi connectivity index (χ3v) is 6.62. The van der Waals surface area contributed by atoms with Crippen molar-refractivity contribution < 1.29 is 13.9 Å². The van der Waals surface area contributed by atoms with Crippen LogP contribution in [0, 0.1) is 11.7 Å². The molecular weight excluding hydrogens is 442 g/mol. The monoisotopic (exact) mass is 470 g/mol. The molecule has 0 bridgehead atoms. The highest BCUT2D eigenvalue weighted by Gasteiger charge is 2.31. The van der Waals surface area contributed by atoms with Gasteiger partial charge < -0.3 is 10.0 Å². The largest absolute Gasteiger partial charge is 0.507 e. The number of nitrogens with zero attached hydrogens (tertiary/aromatic N) is 6. The number of aromatic nitrogens is 5. The zero-order valence-corrected chi connectivity index (χ0v) is 19.4. The molecule has 10 heteroatoms. The summed E-state index contributed by atoms with van der Waals surface area (Å²) in [6, 6.07) is 4.04. The fourth-order valence-electron chi connectivity index (χ4n) is 4.48. The van der Waals surface area contributed by atoms with Gasteiger partial charge in [0.05, 0.1) is 17.8 Å². The summed E-state index contributed by atoms with van der Waals surface area (Å²) in [6.07, 6.45) is 5.85. The zero-order chi connectivity index (χ0) is 24.4. The highest BCUT2D eigenvalue weighted by Crippen LogP contribution is 2.33. The molecular formula is C24H28F2N6O2. The molecule has 1 N–H and O–H groups in total. The van der Waals surface area contributed by atoms with E-state index in [1.54, 1.807) is 11.9 Å². The molecule has 1 saturated carbocycles. The van der Waals surface area contributed by atoms with E-state index >= 15 is 0 Å². The van der Waals surface area contributed by atoms with E-state index < -0.39 is 17.7 Å². The first-order chi connectivity index (χ1) is 16.3. The Balaban J connectivity index is 1.57. The highest BCUT2D eigenvalue weighted by molar-refractivity contribution is 5.71. The maximum absolute atomic E-state index is 14.8. The molecule has 0 amide bonds. The van der Waals surface area contributed by atoms with Gasteiger partial charge in [0.1, 0.15) is 17.6 Å². The van der Waals surface area contributed by atoms with Gasteiger partial charge in [0.25, 0.3) is 0 Å². The lowest BCUT2D eigenvalue weighted by Crippen LogP contribution is -2.40. The number of phenols is 1. The van der Waals surface area contributed by atoms with Crippen molar-refractivity contribution in [3.05, 3.63) is 46.9 Å². The Morgan fingerprint density at radius 3 is 2.74 bits per heavy atom. The van der Waals surface area contributed by atoms with Crippen molar-refractivity contribution in [3.8, 4) is 28.4 Å². The summed E-state index contributed by atoms with van der Waals surface area (Å²) in [7, 11) is 3.21. The van der Waals surface area contributed by atoms with E-state index in [1.165, 1.54) is 31.4 Å². The van der Waals surface area contributed by atoms with Crippen molar-refractivity contribution in [1.82, 2.24) is 24.7 Å². The first-order valence-electron chi connectivity index (χ1n) is 11.4. The Morgan fingerprint density at radius 2 is 2.06 bits per heavy atom. The Hall–Kier alpha value is -3.43. The topological polar surface area (TPSA) is 97.0 Å². The van der Waals surface area contributed by atoms with Gasteiger partial charge in [0, 0.05) is 25.9 Å². The standard InChI is InChI=1S/C24H28F2N6O2/c1-4-14-6-5-7-17(25)19(10-14)32(3)21-12-27-23(30-29-21)16-9-8-15(11-20(16)33)22-18(26)13-31(2)24(34)28-22/h8-9,11-14,17,19,33H,4-7,10H2,1-3H3/t14-,17+,19-/m1/s1. The van der Waals surface area contributed by atoms with E-state index in [9.17, 15) is 18.7 Å². The fraction of sp³-hybridized carbons (Fsp3) is 0.458. The SMILES string of the molecule is CC[C@@H]1CCC[C@H](F)[C@H](N(C)c2cnc(-c3ccc(-c4nc(=O)n(C)cc4F)cc3O)nn2)C1. The number of halogens is 2. The lowest BCUT2D eigenvalue weighted by Gasteiger charge is -2.31. The van der Waals surface area contributed by atoms with Crippen molar-refractivity contribution in [2.75, 3.05) is 11.9 Å². The summed E-state index contributed by atoms with van der Waals surface area (Å²) in [4.78, 5) is 21.6. The molecule has 0 aliphatic heterocycles. The van der Waals surface area contributed by atoms with Gasteiger partial charge in [-0.3, -0.25) is 4.57 Å². The quantitative estimate of drug-likeness (QED) is 0.565. The normalized spacial score (nSPS) is 20.7. The van der Waals surface area contributed by atoms with Gasteiger partial charge in [-0.2, -0.15) is 4.98 Å². The minimum Gasteiger partial charge on any atom is -0.507 e. The Morgan fingerprint density at radius 1 is 1.26 bits per heavy atom. The molecule has 1 aliphatic carbocycles. The van der Waals surface area contributed by atoms with E-state index in [1.807, 2.05) is 0 Å². The Labute approximate surface area is 196 Å². The van der Waals surface area contributed by atoms with E-state index in [0.717, 1.165) is 36.4 Å². The molecule has 2 heterocycles. The third kappa shape index (κ3) is 4.76. The molecule has 0 spiro atoms. The van der Waals surface area contributed by atoms with Crippen LogP contribution in [0.15, 0.2) is 35.4 Å². The smallest absolute Gasteiger partial charge is 0.348 e. The van der Waals surface area contributed by atoms with Crippen LogP contribution in [0.25, 0.3) is 22.6 Å². The van der Waals surface area contributed by atoms with Crippen molar-refractivity contribution in [1.29, 1.82) is 0 Å². The molecule has 3 atom stereocenters. The third-order valence-electron chi connectivity index (χ3n) is 6.62. The summed E-state index contributed by atoms with van der Waals surface area (Å²) in [5.74, 6) is 0.210. The summed E-state index contributed by atoms with van der Waals surface area (Å²) >= 11 is 0. The predicted molar refractivity (Wildman–Crippen MR) is 125 cm³/mol. The van der Waals surface area contributed by atoms with Crippen molar-refractivity contribution in [3.63, 3.8) is 0 Å².